The van der Waals surface area contributed by atoms with Crippen LogP contribution in [0.3, 0.4) is 0 Å². The summed E-state index contributed by atoms with van der Waals surface area (Å²) in [6.07, 6.45) is 0.781. The highest BCUT2D eigenvalue weighted by Crippen LogP contribution is 2.26. The zero-order valence-corrected chi connectivity index (χ0v) is 12.9. The van der Waals surface area contributed by atoms with E-state index in [9.17, 15) is 9.59 Å². The molecule has 0 aromatic carbocycles. The Morgan fingerprint density at radius 1 is 1.17 bits per heavy atom. The number of hydrogen-bond acceptors (Lipinski definition) is 3. The Labute approximate surface area is 111 Å². The first-order chi connectivity index (χ1) is 7.97. The molecular weight excluding hydrogens is 230 g/mol. The standard InChI is InChI=1S/C13H27N3O2/c1-10(15(6)7)11(18)14-12(2,3)13(4,5)16(8)9-17/h9-10H,1-8H3,(H,14,18). The second kappa shape index (κ2) is 5.69. The third-order valence-electron chi connectivity index (χ3n) is 4.16. The average molecular weight is 257 g/mol. The Bertz CT molecular complexity index is 311. The van der Waals surface area contributed by atoms with Gasteiger partial charge in [0.25, 0.3) is 0 Å². The first-order valence-electron chi connectivity index (χ1n) is 6.14. The minimum Gasteiger partial charge on any atom is -0.348 e. The fourth-order valence-corrected chi connectivity index (χ4v) is 1.37. The molecule has 0 rings (SSSR count). The summed E-state index contributed by atoms with van der Waals surface area (Å²) in [5.74, 6) is -0.0441. The number of hydrogen-bond donors (Lipinski definition) is 1. The summed E-state index contributed by atoms with van der Waals surface area (Å²) < 4.78 is 0. The van der Waals surface area contributed by atoms with Crippen molar-refractivity contribution in [2.45, 2.75) is 51.7 Å². The number of likely N-dealkylation sites (N-methyl/N-ethyl adjacent to an activating group) is 2. The number of nitrogens with one attached hydrogen (secondary N) is 1. The summed E-state index contributed by atoms with van der Waals surface area (Å²) in [4.78, 5) is 26.5. The van der Waals surface area contributed by atoms with Crippen molar-refractivity contribution in [2.75, 3.05) is 21.1 Å². The van der Waals surface area contributed by atoms with Crippen LogP contribution in [0, 0.1) is 0 Å². The summed E-state index contributed by atoms with van der Waals surface area (Å²) in [5, 5.41) is 3.01. The van der Waals surface area contributed by atoms with E-state index in [1.54, 1.807) is 11.9 Å². The van der Waals surface area contributed by atoms with Gasteiger partial charge in [0.1, 0.15) is 0 Å². The molecule has 5 nitrogen and oxygen atoms in total. The number of rotatable bonds is 6. The Balaban J connectivity index is 4.95. The van der Waals surface area contributed by atoms with Gasteiger partial charge >= 0.3 is 0 Å². The quantitative estimate of drug-likeness (QED) is 0.713. The zero-order chi connectivity index (χ0) is 14.7. The summed E-state index contributed by atoms with van der Waals surface area (Å²) >= 11 is 0. The normalized spacial score (nSPS) is 14.3. The van der Waals surface area contributed by atoms with E-state index in [4.69, 9.17) is 0 Å². The van der Waals surface area contributed by atoms with Crippen molar-refractivity contribution in [3.63, 3.8) is 0 Å². The summed E-state index contributed by atoms with van der Waals surface area (Å²) in [5.41, 5.74) is -1.000. The molecule has 0 aliphatic heterocycles. The molecule has 1 atom stereocenters. The summed E-state index contributed by atoms with van der Waals surface area (Å²) in [6, 6.07) is -0.207. The van der Waals surface area contributed by atoms with Gasteiger partial charge in [-0.1, -0.05) is 0 Å². The predicted molar refractivity (Wildman–Crippen MR) is 73.3 cm³/mol. The van der Waals surface area contributed by atoms with Gasteiger partial charge in [0.2, 0.25) is 12.3 Å². The van der Waals surface area contributed by atoms with E-state index in [-0.39, 0.29) is 11.9 Å². The molecule has 0 saturated carbocycles. The van der Waals surface area contributed by atoms with E-state index >= 15 is 0 Å². The first kappa shape index (κ1) is 16.9. The smallest absolute Gasteiger partial charge is 0.237 e. The Hall–Kier alpha value is -1.10. The molecule has 0 bridgehead atoms. The fourth-order valence-electron chi connectivity index (χ4n) is 1.37. The number of amides is 2. The molecule has 106 valence electrons. The Morgan fingerprint density at radius 2 is 1.61 bits per heavy atom. The molecular formula is C13H27N3O2. The van der Waals surface area contributed by atoms with Gasteiger partial charge in [0.15, 0.2) is 0 Å². The molecule has 0 radical (unpaired) electrons. The molecule has 1 N–H and O–H groups in total. The first-order valence-corrected chi connectivity index (χ1v) is 6.14. The average Bonchev–Trinajstić information content (AvgIpc) is 2.25. The number of nitrogens with zero attached hydrogens (tertiary/aromatic N) is 2. The fraction of sp³-hybridized carbons (Fsp3) is 0.846. The molecule has 0 aliphatic carbocycles. The van der Waals surface area contributed by atoms with Crippen LogP contribution in [0.2, 0.25) is 0 Å². The second-order valence-corrected chi connectivity index (χ2v) is 6.03. The highest BCUT2D eigenvalue weighted by atomic mass is 16.2. The number of carbonyl (C=O) groups excluding carboxylic acids is 2. The van der Waals surface area contributed by atoms with Crippen LogP contribution < -0.4 is 5.32 Å². The van der Waals surface area contributed by atoms with Crippen molar-refractivity contribution >= 4 is 12.3 Å². The van der Waals surface area contributed by atoms with Crippen molar-refractivity contribution in [1.29, 1.82) is 0 Å². The molecule has 18 heavy (non-hydrogen) atoms. The van der Waals surface area contributed by atoms with Crippen LogP contribution in [-0.2, 0) is 9.59 Å². The summed E-state index contributed by atoms with van der Waals surface area (Å²) in [6.45, 7) is 9.56. The maximum atomic E-state index is 12.1. The molecule has 0 aliphatic rings. The molecule has 1 unspecified atom stereocenters. The van der Waals surface area contributed by atoms with Crippen molar-refractivity contribution in [2.24, 2.45) is 0 Å². The highest BCUT2D eigenvalue weighted by molar-refractivity contribution is 5.82. The van der Waals surface area contributed by atoms with Gasteiger partial charge in [-0.15, -0.1) is 0 Å². The molecule has 0 saturated heterocycles. The zero-order valence-electron chi connectivity index (χ0n) is 12.9. The minimum atomic E-state index is -0.524. The van der Waals surface area contributed by atoms with Crippen molar-refractivity contribution < 1.29 is 9.59 Å². The lowest BCUT2D eigenvalue weighted by molar-refractivity contribution is -0.132. The molecule has 0 spiro atoms. The SMILES string of the molecule is CC(C(=O)NC(C)(C)C(C)(C)N(C)C=O)N(C)C. The van der Waals surface area contributed by atoms with Gasteiger partial charge in [0, 0.05) is 7.05 Å². The van der Waals surface area contributed by atoms with Crippen LogP contribution in [0.4, 0.5) is 0 Å². The van der Waals surface area contributed by atoms with Gasteiger partial charge < -0.3 is 10.2 Å². The van der Waals surface area contributed by atoms with Gasteiger partial charge in [-0.2, -0.15) is 0 Å². The van der Waals surface area contributed by atoms with Crippen molar-refractivity contribution in [3.8, 4) is 0 Å². The topological polar surface area (TPSA) is 52.7 Å². The molecule has 0 heterocycles. The lowest BCUT2D eigenvalue weighted by atomic mass is 9.81. The lowest BCUT2D eigenvalue weighted by Gasteiger charge is -2.47. The van der Waals surface area contributed by atoms with Gasteiger partial charge in [-0.3, -0.25) is 14.5 Å². The second-order valence-electron chi connectivity index (χ2n) is 6.03. The van der Waals surface area contributed by atoms with E-state index in [1.807, 2.05) is 53.6 Å². The Morgan fingerprint density at radius 3 is 1.94 bits per heavy atom. The monoisotopic (exact) mass is 257 g/mol. The highest BCUT2D eigenvalue weighted by Gasteiger charge is 2.41. The van der Waals surface area contributed by atoms with Crippen LogP contribution in [0.1, 0.15) is 34.6 Å². The largest absolute Gasteiger partial charge is 0.348 e. The van der Waals surface area contributed by atoms with Gasteiger partial charge in [0.05, 0.1) is 17.1 Å². The van der Waals surface area contributed by atoms with Crippen LogP contribution in [0.15, 0.2) is 0 Å². The number of carbonyl (C=O) groups is 2. The molecule has 0 aromatic rings. The van der Waals surface area contributed by atoms with E-state index in [1.165, 1.54) is 0 Å². The third kappa shape index (κ3) is 3.45. The van der Waals surface area contributed by atoms with E-state index in [2.05, 4.69) is 5.32 Å². The van der Waals surface area contributed by atoms with Crippen molar-refractivity contribution in [1.82, 2.24) is 15.1 Å². The Kier molecular flexibility index (Phi) is 5.35. The molecule has 5 heteroatoms. The van der Waals surface area contributed by atoms with Gasteiger partial charge in [-0.25, -0.2) is 0 Å². The molecule has 0 aromatic heterocycles. The minimum absolute atomic E-state index is 0.0441. The van der Waals surface area contributed by atoms with Crippen LogP contribution >= 0.6 is 0 Å². The maximum absolute atomic E-state index is 12.1. The van der Waals surface area contributed by atoms with E-state index in [0.717, 1.165) is 6.41 Å². The van der Waals surface area contributed by atoms with Crippen molar-refractivity contribution in [3.05, 3.63) is 0 Å². The van der Waals surface area contributed by atoms with E-state index < -0.39 is 11.1 Å². The predicted octanol–water partition coefficient (Wildman–Crippen LogP) is 0.698. The van der Waals surface area contributed by atoms with Crippen LogP contribution in [0.5, 0.6) is 0 Å². The maximum Gasteiger partial charge on any atom is 0.237 e. The van der Waals surface area contributed by atoms with Crippen LogP contribution in [-0.4, -0.2) is 60.4 Å². The van der Waals surface area contributed by atoms with E-state index in [0.29, 0.717) is 0 Å². The summed E-state index contributed by atoms with van der Waals surface area (Å²) in [7, 11) is 5.44. The molecule has 0 fully saturated rings. The van der Waals surface area contributed by atoms with Crippen LogP contribution in [0.25, 0.3) is 0 Å². The lowest BCUT2D eigenvalue weighted by Crippen LogP contribution is -2.65. The molecule has 2 amide bonds. The van der Waals surface area contributed by atoms with Gasteiger partial charge in [-0.05, 0) is 48.7 Å². The third-order valence-corrected chi connectivity index (χ3v) is 4.16.